The van der Waals surface area contributed by atoms with Crippen LogP contribution in [0.5, 0.6) is 0 Å². The van der Waals surface area contributed by atoms with Crippen LogP contribution >= 0.6 is 0 Å². The molecular formula is C24H27N7O. The van der Waals surface area contributed by atoms with Crippen molar-refractivity contribution in [2.75, 3.05) is 38.0 Å². The molecule has 0 unspecified atom stereocenters. The van der Waals surface area contributed by atoms with Gasteiger partial charge in [-0.2, -0.15) is 0 Å². The third-order valence-electron chi connectivity index (χ3n) is 6.03. The highest BCUT2D eigenvalue weighted by molar-refractivity contribution is 5.97. The first-order chi connectivity index (χ1) is 15.8. The van der Waals surface area contributed by atoms with Gasteiger partial charge in [0.2, 0.25) is 0 Å². The first-order valence-electron chi connectivity index (χ1n) is 11.2. The topological polar surface area (TPSA) is 87.1 Å². The molecule has 3 heterocycles. The van der Waals surface area contributed by atoms with Crippen LogP contribution in [0.3, 0.4) is 0 Å². The summed E-state index contributed by atoms with van der Waals surface area (Å²) in [4.78, 5) is 35.1. The molecule has 2 fully saturated rings. The maximum atomic E-state index is 13.4. The second-order valence-corrected chi connectivity index (χ2v) is 8.39. The van der Waals surface area contributed by atoms with Gasteiger partial charge in [-0.1, -0.05) is 30.3 Å². The SMILES string of the molecule is O=C(c1nc(C2CC2)cnc1Nc1cncnc1)N1CCN(CCc2ccccc2)CC1. The van der Waals surface area contributed by atoms with E-state index in [1.54, 1.807) is 18.6 Å². The number of carbonyl (C=O) groups excluding carboxylic acids is 1. The van der Waals surface area contributed by atoms with Crippen molar-refractivity contribution in [2.45, 2.75) is 25.2 Å². The van der Waals surface area contributed by atoms with E-state index in [-0.39, 0.29) is 5.91 Å². The molecule has 1 saturated carbocycles. The third kappa shape index (κ3) is 4.91. The quantitative estimate of drug-likeness (QED) is 0.618. The van der Waals surface area contributed by atoms with Gasteiger partial charge in [-0.05, 0) is 24.8 Å². The Morgan fingerprint density at radius 3 is 2.47 bits per heavy atom. The molecule has 164 valence electrons. The monoisotopic (exact) mass is 429 g/mol. The van der Waals surface area contributed by atoms with Gasteiger partial charge in [0, 0.05) is 38.6 Å². The zero-order valence-electron chi connectivity index (χ0n) is 18.0. The van der Waals surface area contributed by atoms with Crippen LogP contribution in [0.25, 0.3) is 0 Å². The molecule has 1 amide bonds. The number of piperazine rings is 1. The van der Waals surface area contributed by atoms with E-state index in [0.29, 0.717) is 36.2 Å². The van der Waals surface area contributed by atoms with E-state index >= 15 is 0 Å². The standard InChI is InChI=1S/C24H27N7O/c32-24(31-12-10-30(11-13-31)9-8-18-4-2-1-3-5-18)22-23(28-20-14-25-17-26-15-20)27-16-21(29-22)19-6-7-19/h1-5,14-17,19H,6-13H2,(H,27,28). The number of amides is 1. The number of hydrogen-bond donors (Lipinski definition) is 1. The van der Waals surface area contributed by atoms with Gasteiger partial charge in [0.15, 0.2) is 11.5 Å². The fourth-order valence-electron chi connectivity index (χ4n) is 3.98. The normalized spacial score (nSPS) is 16.7. The smallest absolute Gasteiger partial charge is 0.276 e. The predicted octanol–water partition coefficient (Wildman–Crippen LogP) is 2.89. The molecule has 1 aliphatic heterocycles. The lowest BCUT2D eigenvalue weighted by molar-refractivity contribution is 0.0633. The van der Waals surface area contributed by atoms with Gasteiger partial charge in [0.25, 0.3) is 5.91 Å². The third-order valence-corrected chi connectivity index (χ3v) is 6.03. The first kappa shape index (κ1) is 20.5. The summed E-state index contributed by atoms with van der Waals surface area (Å²) in [6.45, 7) is 4.12. The maximum absolute atomic E-state index is 13.4. The number of anilines is 2. The van der Waals surface area contributed by atoms with Crippen molar-refractivity contribution >= 4 is 17.4 Å². The summed E-state index contributed by atoms with van der Waals surface area (Å²) in [6, 6.07) is 10.5. The summed E-state index contributed by atoms with van der Waals surface area (Å²) in [5.74, 6) is 0.820. The van der Waals surface area contributed by atoms with Crippen LogP contribution in [0.4, 0.5) is 11.5 Å². The average Bonchev–Trinajstić information content (AvgIpc) is 3.70. The van der Waals surface area contributed by atoms with Gasteiger partial charge in [-0.3, -0.25) is 9.69 Å². The summed E-state index contributed by atoms with van der Waals surface area (Å²) in [6.07, 6.45) is 9.81. The molecule has 0 bridgehead atoms. The van der Waals surface area contributed by atoms with Crippen molar-refractivity contribution in [3.63, 3.8) is 0 Å². The lowest BCUT2D eigenvalue weighted by Gasteiger charge is -2.34. The Balaban J connectivity index is 1.25. The number of rotatable bonds is 7. The Kier molecular flexibility index (Phi) is 6.02. The highest BCUT2D eigenvalue weighted by Crippen LogP contribution is 2.39. The van der Waals surface area contributed by atoms with E-state index in [9.17, 15) is 4.79 Å². The molecule has 5 rings (SSSR count). The summed E-state index contributed by atoms with van der Waals surface area (Å²) in [5, 5.41) is 3.17. The van der Waals surface area contributed by atoms with Crippen molar-refractivity contribution < 1.29 is 4.79 Å². The van der Waals surface area contributed by atoms with Crippen molar-refractivity contribution in [1.29, 1.82) is 0 Å². The summed E-state index contributed by atoms with van der Waals surface area (Å²) in [7, 11) is 0. The van der Waals surface area contributed by atoms with E-state index in [1.165, 1.54) is 11.9 Å². The van der Waals surface area contributed by atoms with Gasteiger partial charge in [-0.15, -0.1) is 0 Å². The van der Waals surface area contributed by atoms with Gasteiger partial charge in [0.05, 0.1) is 30.0 Å². The van der Waals surface area contributed by atoms with Crippen molar-refractivity contribution in [3.05, 3.63) is 72.2 Å². The Hall–Kier alpha value is -3.39. The minimum absolute atomic E-state index is 0.0675. The number of nitrogens with zero attached hydrogens (tertiary/aromatic N) is 6. The van der Waals surface area contributed by atoms with E-state index in [2.05, 4.69) is 49.4 Å². The minimum atomic E-state index is -0.0675. The lowest BCUT2D eigenvalue weighted by atomic mass is 10.1. The molecular weight excluding hydrogens is 402 g/mol. The van der Waals surface area contributed by atoms with Gasteiger partial charge >= 0.3 is 0 Å². The minimum Gasteiger partial charge on any atom is -0.336 e. The molecule has 8 heteroatoms. The zero-order valence-corrected chi connectivity index (χ0v) is 18.0. The molecule has 0 radical (unpaired) electrons. The predicted molar refractivity (Wildman–Crippen MR) is 122 cm³/mol. The van der Waals surface area contributed by atoms with Gasteiger partial charge in [0.1, 0.15) is 6.33 Å². The molecule has 2 aliphatic rings. The molecule has 1 aliphatic carbocycles. The van der Waals surface area contributed by atoms with Crippen LogP contribution in [0.15, 0.2) is 55.2 Å². The average molecular weight is 430 g/mol. The van der Waals surface area contributed by atoms with Crippen LogP contribution in [-0.2, 0) is 6.42 Å². The van der Waals surface area contributed by atoms with E-state index in [1.807, 2.05) is 11.0 Å². The van der Waals surface area contributed by atoms with Crippen LogP contribution in [-0.4, -0.2) is 68.4 Å². The summed E-state index contributed by atoms with van der Waals surface area (Å²) < 4.78 is 0. The fourth-order valence-corrected chi connectivity index (χ4v) is 3.98. The molecule has 1 aromatic carbocycles. The van der Waals surface area contributed by atoms with Gasteiger partial charge in [-0.25, -0.2) is 19.9 Å². The van der Waals surface area contributed by atoms with Crippen molar-refractivity contribution in [2.24, 2.45) is 0 Å². The van der Waals surface area contributed by atoms with Crippen LogP contribution in [0.2, 0.25) is 0 Å². The number of hydrogen-bond acceptors (Lipinski definition) is 7. The van der Waals surface area contributed by atoms with E-state index in [0.717, 1.165) is 44.6 Å². The molecule has 0 atom stereocenters. The molecule has 0 spiro atoms. The zero-order chi connectivity index (χ0) is 21.8. The highest BCUT2D eigenvalue weighted by Gasteiger charge is 2.30. The lowest BCUT2D eigenvalue weighted by Crippen LogP contribution is -2.49. The van der Waals surface area contributed by atoms with Gasteiger partial charge < -0.3 is 10.2 Å². The van der Waals surface area contributed by atoms with Crippen LogP contribution in [0, 0.1) is 0 Å². The first-order valence-corrected chi connectivity index (χ1v) is 11.2. The number of carbonyl (C=O) groups is 1. The molecule has 3 aromatic rings. The summed E-state index contributed by atoms with van der Waals surface area (Å²) in [5.41, 5.74) is 3.32. The largest absolute Gasteiger partial charge is 0.336 e. The molecule has 8 nitrogen and oxygen atoms in total. The fraction of sp³-hybridized carbons (Fsp3) is 0.375. The molecule has 1 saturated heterocycles. The van der Waals surface area contributed by atoms with Crippen molar-refractivity contribution in [1.82, 2.24) is 29.7 Å². The number of nitrogens with one attached hydrogen (secondary N) is 1. The van der Waals surface area contributed by atoms with Crippen molar-refractivity contribution in [3.8, 4) is 0 Å². The summed E-state index contributed by atoms with van der Waals surface area (Å²) >= 11 is 0. The molecule has 2 aromatic heterocycles. The molecule has 1 N–H and O–H groups in total. The number of benzene rings is 1. The highest BCUT2D eigenvalue weighted by atomic mass is 16.2. The van der Waals surface area contributed by atoms with E-state index in [4.69, 9.17) is 4.98 Å². The van der Waals surface area contributed by atoms with E-state index < -0.39 is 0 Å². The Bertz CT molecular complexity index is 1050. The Morgan fingerprint density at radius 2 is 1.75 bits per heavy atom. The second kappa shape index (κ2) is 9.40. The maximum Gasteiger partial charge on any atom is 0.276 e. The van der Waals surface area contributed by atoms with Crippen LogP contribution in [0.1, 0.15) is 40.5 Å². The Labute approximate surface area is 187 Å². The second-order valence-electron chi connectivity index (χ2n) is 8.39. The number of aromatic nitrogens is 4. The van der Waals surface area contributed by atoms with Crippen LogP contribution < -0.4 is 5.32 Å². The molecule has 32 heavy (non-hydrogen) atoms. The Morgan fingerprint density at radius 1 is 1.00 bits per heavy atom.